The van der Waals surface area contributed by atoms with Crippen LogP contribution in [0.1, 0.15) is 5.56 Å². The van der Waals surface area contributed by atoms with E-state index in [1.54, 1.807) is 7.11 Å². The molecule has 1 aliphatic rings. The zero-order valence-electron chi connectivity index (χ0n) is 10.6. The van der Waals surface area contributed by atoms with E-state index in [-0.39, 0.29) is 5.56 Å². The van der Waals surface area contributed by atoms with Gasteiger partial charge in [0.15, 0.2) is 0 Å². The molecule has 0 atom stereocenters. The molecule has 0 amide bonds. The average Bonchev–Trinajstić information content (AvgIpc) is 2.89. The van der Waals surface area contributed by atoms with Gasteiger partial charge in [0, 0.05) is 22.7 Å². The van der Waals surface area contributed by atoms with Crippen molar-refractivity contribution in [2.24, 2.45) is 0 Å². The van der Waals surface area contributed by atoms with Gasteiger partial charge in [0.2, 0.25) is 0 Å². The number of aryl methyl sites for hydroxylation is 2. The molecule has 3 heteroatoms. The van der Waals surface area contributed by atoms with Gasteiger partial charge in [0.1, 0.15) is 5.75 Å². The van der Waals surface area contributed by atoms with Gasteiger partial charge < -0.3 is 9.30 Å². The Morgan fingerprint density at radius 1 is 1.11 bits per heavy atom. The van der Waals surface area contributed by atoms with E-state index in [1.165, 1.54) is 5.56 Å². The van der Waals surface area contributed by atoms with Gasteiger partial charge in [-0.3, -0.25) is 4.79 Å². The first kappa shape index (κ1) is 10.6. The Kier molecular flexibility index (Phi) is 2.01. The van der Waals surface area contributed by atoms with E-state index >= 15 is 0 Å². The quantitative estimate of drug-likeness (QED) is 0.623. The van der Waals surface area contributed by atoms with Crippen molar-refractivity contribution in [1.29, 1.82) is 0 Å². The second-order valence-electron chi connectivity index (χ2n) is 4.93. The first-order chi connectivity index (χ1) is 9.29. The summed E-state index contributed by atoms with van der Waals surface area (Å²) in [5.41, 5.74) is 2.46. The summed E-state index contributed by atoms with van der Waals surface area (Å²) in [6.07, 6.45) is 0.944. The molecule has 19 heavy (non-hydrogen) atoms. The number of hydrogen-bond donors (Lipinski definition) is 0. The van der Waals surface area contributed by atoms with E-state index in [9.17, 15) is 4.79 Å². The minimum absolute atomic E-state index is 0.107. The van der Waals surface area contributed by atoms with E-state index in [2.05, 4.69) is 18.2 Å². The van der Waals surface area contributed by atoms with E-state index in [4.69, 9.17) is 4.74 Å². The molecule has 94 valence electrons. The third kappa shape index (κ3) is 1.30. The lowest BCUT2D eigenvalue weighted by atomic mass is 10.0. The fraction of sp³-hybridized carbons (Fsp3) is 0.188. The number of nitrogens with zero attached hydrogens (tertiary/aromatic N) is 1. The predicted octanol–water partition coefficient (Wildman–Crippen LogP) is 2.72. The standard InChI is InChI=1S/C16H13NO2/c1-19-11-5-6-13-14(9-11)12-4-2-3-10-7-8-17(15(10)12)16(13)18/h2-6,9H,7-8H2,1H3. The number of hydrogen-bond acceptors (Lipinski definition) is 2. The Morgan fingerprint density at radius 3 is 2.84 bits per heavy atom. The van der Waals surface area contributed by atoms with Gasteiger partial charge in [-0.2, -0.15) is 0 Å². The molecule has 0 bridgehead atoms. The van der Waals surface area contributed by atoms with Gasteiger partial charge >= 0.3 is 0 Å². The molecule has 0 aliphatic carbocycles. The van der Waals surface area contributed by atoms with Crippen molar-refractivity contribution in [2.45, 2.75) is 13.0 Å². The van der Waals surface area contributed by atoms with Crippen LogP contribution in [-0.2, 0) is 13.0 Å². The minimum atomic E-state index is 0.107. The largest absolute Gasteiger partial charge is 0.497 e. The Labute approximate surface area is 110 Å². The number of fused-ring (bicyclic) bond motifs is 2. The van der Waals surface area contributed by atoms with Crippen LogP contribution in [0.5, 0.6) is 5.75 Å². The van der Waals surface area contributed by atoms with Crippen LogP contribution >= 0.6 is 0 Å². The summed E-state index contributed by atoms with van der Waals surface area (Å²) in [5.74, 6) is 0.788. The zero-order chi connectivity index (χ0) is 13.0. The Hall–Kier alpha value is -2.29. The smallest absolute Gasteiger partial charge is 0.258 e. The highest BCUT2D eigenvalue weighted by Gasteiger charge is 2.18. The second-order valence-corrected chi connectivity index (χ2v) is 4.93. The first-order valence-corrected chi connectivity index (χ1v) is 6.42. The summed E-state index contributed by atoms with van der Waals surface area (Å²) in [6, 6.07) is 11.9. The number of methoxy groups -OCH3 is 1. The highest BCUT2D eigenvalue weighted by molar-refractivity contribution is 6.07. The molecule has 0 unspecified atom stereocenters. The molecule has 2 aromatic carbocycles. The molecule has 0 saturated carbocycles. The van der Waals surface area contributed by atoms with Gasteiger partial charge in [0.05, 0.1) is 12.6 Å². The number of benzene rings is 2. The van der Waals surface area contributed by atoms with Crippen LogP contribution in [0.25, 0.3) is 21.7 Å². The molecular weight excluding hydrogens is 238 g/mol. The van der Waals surface area contributed by atoms with Gasteiger partial charge in [0.25, 0.3) is 5.56 Å². The molecular formula is C16H13NO2. The maximum Gasteiger partial charge on any atom is 0.258 e. The van der Waals surface area contributed by atoms with Gasteiger partial charge in [-0.05, 0) is 30.2 Å². The normalized spacial score (nSPS) is 13.3. The van der Waals surface area contributed by atoms with E-state index in [0.29, 0.717) is 0 Å². The lowest BCUT2D eigenvalue weighted by molar-refractivity contribution is 0.415. The molecule has 3 nitrogen and oxygen atoms in total. The van der Waals surface area contributed by atoms with Gasteiger partial charge in [-0.25, -0.2) is 0 Å². The maximum absolute atomic E-state index is 12.5. The van der Waals surface area contributed by atoms with Crippen molar-refractivity contribution in [3.05, 3.63) is 52.3 Å². The molecule has 0 spiro atoms. The zero-order valence-corrected chi connectivity index (χ0v) is 10.6. The van der Waals surface area contributed by atoms with E-state index < -0.39 is 0 Å². The summed E-state index contributed by atoms with van der Waals surface area (Å²) in [6.45, 7) is 0.788. The molecule has 1 aromatic heterocycles. The van der Waals surface area contributed by atoms with Gasteiger partial charge in [-0.15, -0.1) is 0 Å². The third-order valence-corrected chi connectivity index (χ3v) is 3.99. The van der Waals surface area contributed by atoms with Crippen molar-refractivity contribution >= 4 is 21.7 Å². The van der Waals surface area contributed by atoms with Gasteiger partial charge in [-0.1, -0.05) is 18.2 Å². The summed E-state index contributed by atoms with van der Waals surface area (Å²) in [5, 5.41) is 2.90. The van der Waals surface area contributed by atoms with Crippen LogP contribution in [0.3, 0.4) is 0 Å². The van der Waals surface area contributed by atoms with Crippen LogP contribution in [0.15, 0.2) is 41.2 Å². The number of aromatic nitrogens is 1. The number of pyridine rings is 1. The average molecular weight is 251 g/mol. The third-order valence-electron chi connectivity index (χ3n) is 3.99. The van der Waals surface area contributed by atoms with Crippen LogP contribution in [0.2, 0.25) is 0 Å². The maximum atomic E-state index is 12.5. The summed E-state index contributed by atoms with van der Waals surface area (Å²) in [4.78, 5) is 12.5. The molecule has 4 rings (SSSR count). The molecule has 2 heterocycles. The lowest BCUT2D eigenvalue weighted by Crippen LogP contribution is -2.18. The SMILES string of the molecule is COc1ccc2c(=O)n3c4c(cccc4c2c1)CC3. The number of rotatable bonds is 1. The minimum Gasteiger partial charge on any atom is -0.497 e. The Morgan fingerprint density at radius 2 is 2.00 bits per heavy atom. The van der Waals surface area contributed by atoms with Crippen molar-refractivity contribution in [3.63, 3.8) is 0 Å². The van der Waals surface area contributed by atoms with Crippen LogP contribution < -0.4 is 10.3 Å². The van der Waals surface area contributed by atoms with E-state index in [0.717, 1.165) is 40.4 Å². The summed E-state index contributed by atoms with van der Waals surface area (Å²) < 4.78 is 7.18. The first-order valence-electron chi connectivity index (χ1n) is 6.42. The van der Waals surface area contributed by atoms with E-state index in [1.807, 2.05) is 22.8 Å². The molecule has 0 radical (unpaired) electrons. The highest BCUT2D eigenvalue weighted by Crippen LogP contribution is 2.31. The summed E-state index contributed by atoms with van der Waals surface area (Å²) >= 11 is 0. The highest BCUT2D eigenvalue weighted by atomic mass is 16.5. The number of ether oxygens (including phenoxy) is 1. The second kappa shape index (κ2) is 3.60. The number of para-hydroxylation sites is 1. The Balaban J connectivity index is 2.31. The topological polar surface area (TPSA) is 31.2 Å². The summed E-state index contributed by atoms with van der Waals surface area (Å²) in [7, 11) is 1.65. The predicted molar refractivity (Wildman–Crippen MR) is 76.0 cm³/mol. The fourth-order valence-corrected chi connectivity index (χ4v) is 3.08. The van der Waals surface area contributed by atoms with Crippen molar-refractivity contribution < 1.29 is 4.74 Å². The van der Waals surface area contributed by atoms with Crippen molar-refractivity contribution in [2.75, 3.05) is 7.11 Å². The van der Waals surface area contributed by atoms with Crippen LogP contribution in [0, 0.1) is 0 Å². The molecule has 3 aromatic rings. The van der Waals surface area contributed by atoms with Crippen molar-refractivity contribution in [3.8, 4) is 5.75 Å². The van der Waals surface area contributed by atoms with Crippen LogP contribution in [0.4, 0.5) is 0 Å². The molecule has 0 N–H and O–H groups in total. The monoisotopic (exact) mass is 251 g/mol. The fourth-order valence-electron chi connectivity index (χ4n) is 3.08. The molecule has 1 aliphatic heterocycles. The molecule has 0 fully saturated rings. The molecule has 0 saturated heterocycles. The lowest BCUT2D eigenvalue weighted by Gasteiger charge is -2.09. The van der Waals surface area contributed by atoms with Crippen molar-refractivity contribution in [1.82, 2.24) is 4.57 Å². The van der Waals surface area contributed by atoms with Crippen LogP contribution in [-0.4, -0.2) is 11.7 Å². The Bertz CT molecular complexity index is 877.